The molecule has 0 saturated carbocycles. The van der Waals surface area contributed by atoms with Gasteiger partial charge in [-0.25, -0.2) is 0 Å². The third-order valence-electron chi connectivity index (χ3n) is 4.05. The van der Waals surface area contributed by atoms with E-state index in [2.05, 4.69) is 0 Å². The van der Waals surface area contributed by atoms with E-state index < -0.39 is 4.92 Å². The van der Waals surface area contributed by atoms with Gasteiger partial charge < -0.3 is 9.64 Å². The molecule has 1 amide bonds. The first-order valence-electron chi connectivity index (χ1n) is 7.27. The Kier molecular flexibility index (Phi) is 3.73. The highest BCUT2D eigenvalue weighted by Gasteiger charge is 2.32. The molecule has 1 unspecified atom stereocenters. The number of nitro groups is 1. The van der Waals surface area contributed by atoms with Crippen molar-refractivity contribution in [3.8, 4) is 5.75 Å². The van der Waals surface area contributed by atoms with Crippen LogP contribution in [0.25, 0.3) is 0 Å². The maximum atomic E-state index is 12.9. The van der Waals surface area contributed by atoms with Crippen molar-refractivity contribution in [3.63, 3.8) is 0 Å². The van der Waals surface area contributed by atoms with Crippen molar-refractivity contribution in [3.05, 3.63) is 63.7 Å². The second-order valence-electron chi connectivity index (χ2n) is 5.50. The molecule has 0 aliphatic carbocycles. The maximum absolute atomic E-state index is 12.9. The number of hydrogen-bond donors (Lipinski definition) is 0. The molecular weight excluding hydrogens is 296 g/mol. The fourth-order valence-electron chi connectivity index (χ4n) is 2.98. The highest BCUT2D eigenvalue weighted by molar-refractivity contribution is 6.08. The number of methoxy groups -OCH3 is 1. The minimum absolute atomic E-state index is 0.0149. The van der Waals surface area contributed by atoms with E-state index in [0.717, 1.165) is 17.7 Å². The van der Waals surface area contributed by atoms with E-state index in [9.17, 15) is 14.9 Å². The van der Waals surface area contributed by atoms with Crippen molar-refractivity contribution >= 4 is 17.3 Å². The highest BCUT2D eigenvalue weighted by Crippen LogP contribution is 2.34. The molecule has 6 nitrogen and oxygen atoms in total. The molecule has 2 aromatic rings. The van der Waals surface area contributed by atoms with Crippen LogP contribution < -0.4 is 9.64 Å². The molecule has 1 heterocycles. The van der Waals surface area contributed by atoms with Crippen LogP contribution in [0.3, 0.4) is 0 Å². The van der Waals surface area contributed by atoms with E-state index in [1.54, 1.807) is 11.0 Å². The number of benzene rings is 2. The molecule has 3 rings (SSSR count). The number of carbonyl (C=O) groups is 1. The molecule has 1 aliphatic rings. The molecule has 23 heavy (non-hydrogen) atoms. The van der Waals surface area contributed by atoms with Crippen LogP contribution in [0.1, 0.15) is 22.8 Å². The Bertz CT molecular complexity index is 788. The molecule has 2 aromatic carbocycles. The highest BCUT2D eigenvalue weighted by atomic mass is 16.6. The Balaban J connectivity index is 2.01. The number of ether oxygens (including phenoxy) is 1. The monoisotopic (exact) mass is 312 g/mol. The number of nitrogens with zero attached hydrogens (tertiary/aromatic N) is 2. The van der Waals surface area contributed by atoms with E-state index in [1.807, 2.05) is 31.2 Å². The summed E-state index contributed by atoms with van der Waals surface area (Å²) >= 11 is 0. The Hall–Kier alpha value is -2.89. The van der Waals surface area contributed by atoms with Gasteiger partial charge in [-0.15, -0.1) is 0 Å². The van der Waals surface area contributed by atoms with Crippen LogP contribution in [0.2, 0.25) is 0 Å². The van der Waals surface area contributed by atoms with Gasteiger partial charge in [0.15, 0.2) is 5.75 Å². The average Bonchev–Trinajstić information content (AvgIpc) is 2.89. The zero-order valence-corrected chi connectivity index (χ0v) is 12.9. The summed E-state index contributed by atoms with van der Waals surface area (Å²) in [4.78, 5) is 25.1. The van der Waals surface area contributed by atoms with Crippen LogP contribution in [-0.4, -0.2) is 24.0 Å². The predicted octanol–water partition coefficient (Wildman–Crippen LogP) is 3.19. The molecule has 0 aromatic heterocycles. The number of anilines is 1. The predicted molar refractivity (Wildman–Crippen MR) is 86.1 cm³/mol. The van der Waals surface area contributed by atoms with Gasteiger partial charge in [-0.3, -0.25) is 14.9 Å². The minimum atomic E-state index is -0.545. The van der Waals surface area contributed by atoms with Crippen LogP contribution in [0.4, 0.5) is 11.4 Å². The molecule has 0 fully saturated rings. The zero-order chi connectivity index (χ0) is 16.6. The summed E-state index contributed by atoms with van der Waals surface area (Å²) in [5.41, 5.74) is 2.04. The Labute approximate surface area is 133 Å². The number of para-hydroxylation sites is 1. The summed E-state index contributed by atoms with van der Waals surface area (Å²) in [6.45, 7) is 1.97. The fraction of sp³-hybridized carbons (Fsp3) is 0.235. The Morgan fingerprint density at radius 3 is 2.74 bits per heavy atom. The van der Waals surface area contributed by atoms with E-state index in [1.165, 1.54) is 19.2 Å². The molecule has 1 aliphatic heterocycles. The average molecular weight is 312 g/mol. The number of fused-ring (bicyclic) bond motifs is 1. The number of nitro benzene ring substituents is 1. The summed E-state index contributed by atoms with van der Waals surface area (Å²) in [5, 5.41) is 11.1. The molecule has 0 N–H and O–H groups in total. The normalized spacial score (nSPS) is 16.1. The molecule has 0 spiro atoms. The van der Waals surface area contributed by atoms with Crippen LogP contribution >= 0.6 is 0 Å². The number of amides is 1. The van der Waals surface area contributed by atoms with Gasteiger partial charge in [-0.1, -0.05) is 18.2 Å². The lowest BCUT2D eigenvalue weighted by Gasteiger charge is -2.22. The van der Waals surface area contributed by atoms with Crippen molar-refractivity contribution in [1.82, 2.24) is 0 Å². The molecule has 0 radical (unpaired) electrons. The lowest BCUT2D eigenvalue weighted by molar-refractivity contribution is -0.385. The van der Waals surface area contributed by atoms with E-state index in [0.29, 0.717) is 0 Å². The quantitative estimate of drug-likeness (QED) is 0.644. The lowest BCUT2D eigenvalue weighted by atomic mass is 10.1. The fourth-order valence-corrected chi connectivity index (χ4v) is 2.98. The third kappa shape index (κ3) is 2.52. The topological polar surface area (TPSA) is 72.7 Å². The van der Waals surface area contributed by atoms with Gasteiger partial charge in [0.2, 0.25) is 0 Å². The van der Waals surface area contributed by atoms with Crippen LogP contribution in [0.5, 0.6) is 5.75 Å². The van der Waals surface area contributed by atoms with Crippen molar-refractivity contribution in [2.75, 3.05) is 12.0 Å². The van der Waals surface area contributed by atoms with Crippen LogP contribution in [-0.2, 0) is 6.42 Å². The van der Waals surface area contributed by atoms with E-state index in [4.69, 9.17) is 4.74 Å². The van der Waals surface area contributed by atoms with Crippen LogP contribution in [0, 0.1) is 10.1 Å². The largest absolute Gasteiger partial charge is 0.490 e. The van der Waals surface area contributed by atoms with Gasteiger partial charge in [0.25, 0.3) is 5.91 Å². The molecule has 1 atom stereocenters. The van der Waals surface area contributed by atoms with Gasteiger partial charge in [-0.2, -0.15) is 0 Å². The second-order valence-corrected chi connectivity index (χ2v) is 5.50. The zero-order valence-electron chi connectivity index (χ0n) is 12.9. The smallest absolute Gasteiger partial charge is 0.311 e. The van der Waals surface area contributed by atoms with Gasteiger partial charge in [0.1, 0.15) is 0 Å². The summed E-state index contributed by atoms with van der Waals surface area (Å²) in [5.74, 6) is -0.102. The first-order valence-corrected chi connectivity index (χ1v) is 7.27. The van der Waals surface area contributed by atoms with E-state index in [-0.39, 0.29) is 28.9 Å². The summed E-state index contributed by atoms with van der Waals surface area (Å²) in [7, 11) is 1.36. The van der Waals surface area contributed by atoms with Crippen molar-refractivity contribution in [1.29, 1.82) is 0 Å². The lowest BCUT2D eigenvalue weighted by Crippen LogP contribution is -2.35. The maximum Gasteiger partial charge on any atom is 0.311 e. The van der Waals surface area contributed by atoms with Gasteiger partial charge in [0, 0.05) is 23.4 Å². The number of carbonyl (C=O) groups excluding carboxylic acids is 1. The number of rotatable bonds is 3. The summed E-state index contributed by atoms with van der Waals surface area (Å²) in [6.07, 6.45) is 0.778. The van der Waals surface area contributed by atoms with Crippen LogP contribution in [0.15, 0.2) is 42.5 Å². The first-order chi connectivity index (χ1) is 11.0. The van der Waals surface area contributed by atoms with Crippen molar-refractivity contribution < 1.29 is 14.5 Å². The molecule has 118 valence electrons. The van der Waals surface area contributed by atoms with Crippen molar-refractivity contribution in [2.45, 2.75) is 19.4 Å². The molecule has 6 heteroatoms. The first kappa shape index (κ1) is 15.0. The SMILES string of the molecule is COc1ccc(C(=O)N2c3ccccc3CC2C)cc1[N+](=O)[O-]. The molecule has 0 bridgehead atoms. The standard InChI is InChI=1S/C17H16N2O4/c1-11-9-12-5-3-4-6-14(12)18(11)17(20)13-7-8-16(23-2)15(10-13)19(21)22/h3-8,10-11H,9H2,1-2H3. The molecular formula is C17H16N2O4. The summed E-state index contributed by atoms with van der Waals surface area (Å²) in [6, 6.07) is 12.0. The second kappa shape index (κ2) is 5.72. The number of hydrogen-bond acceptors (Lipinski definition) is 4. The van der Waals surface area contributed by atoms with Gasteiger partial charge in [-0.05, 0) is 37.1 Å². The summed E-state index contributed by atoms with van der Waals surface area (Å²) < 4.78 is 4.98. The third-order valence-corrected chi connectivity index (χ3v) is 4.05. The van der Waals surface area contributed by atoms with E-state index >= 15 is 0 Å². The van der Waals surface area contributed by atoms with Gasteiger partial charge >= 0.3 is 5.69 Å². The van der Waals surface area contributed by atoms with Gasteiger partial charge in [0.05, 0.1) is 12.0 Å². The molecule has 0 saturated heterocycles. The van der Waals surface area contributed by atoms with Crippen molar-refractivity contribution in [2.24, 2.45) is 0 Å². The Morgan fingerprint density at radius 2 is 2.04 bits per heavy atom. The minimum Gasteiger partial charge on any atom is -0.490 e. The Morgan fingerprint density at radius 1 is 1.30 bits per heavy atom.